The summed E-state index contributed by atoms with van der Waals surface area (Å²) < 4.78 is 0. The second kappa shape index (κ2) is 7.08. The molecular formula is C17H17N3O5. The lowest BCUT2D eigenvalue weighted by atomic mass is 10.0. The van der Waals surface area contributed by atoms with Gasteiger partial charge in [0, 0.05) is 18.7 Å². The Bertz CT molecular complexity index is 836. The topological polar surface area (TPSA) is 107 Å². The van der Waals surface area contributed by atoms with Crippen LogP contribution >= 0.6 is 0 Å². The molecule has 0 spiro atoms. The van der Waals surface area contributed by atoms with E-state index in [4.69, 9.17) is 0 Å². The second-order valence-corrected chi connectivity index (χ2v) is 5.65. The third kappa shape index (κ3) is 3.63. The first-order chi connectivity index (χ1) is 11.7. The van der Waals surface area contributed by atoms with Crippen molar-refractivity contribution in [2.75, 3.05) is 7.05 Å². The number of nitro benzene ring substituents is 2. The number of amides is 1. The van der Waals surface area contributed by atoms with Crippen LogP contribution in [0.15, 0.2) is 42.5 Å². The first-order valence-corrected chi connectivity index (χ1v) is 7.49. The number of rotatable bonds is 5. The fourth-order valence-corrected chi connectivity index (χ4v) is 2.52. The standard InChI is InChI=1S/C17H17N3O5/c1-11-15(9-14(19(22)23)10-16(11)20(24)25)17(21)18(3)12(2)13-7-5-4-6-8-13/h4-10,12H,1-3H3. The first kappa shape index (κ1) is 18.1. The fourth-order valence-electron chi connectivity index (χ4n) is 2.52. The molecule has 1 unspecified atom stereocenters. The van der Waals surface area contributed by atoms with Crippen LogP contribution in [0.3, 0.4) is 0 Å². The van der Waals surface area contributed by atoms with E-state index in [0.717, 1.165) is 17.7 Å². The van der Waals surface area contributed by atoms with Crippen molar-refractivity contribution < 1.29 is 14.6 Å². The third-order valence-corrected chi connectivity index (χ3v) is 4.19. The lowest BCUT2D eigenvalue weighted by Gasteiger charge is -2.26. The summed E-state index contributed by atoms with van der Waals surface area (Å²) in [5.41, 5.74) is 0.00885. The van der Waals surface area contributed by atoms with E-state index < -0.39 is 27.1 Å². The maximum absolute atomic E-state index is 12.8. The number of non-ortho nitro benzene ring substituents is 1. The lowest BCUT2D eigenvalue weighted by Crippen LogP contribution is -2.30. The fraction of sp³-hybridized carbons (Fsp3) is 0.235. The van der Waals surface area contributed by atoms with Crippen LogP contribution in [0.2, 0.25) is 0 Å². The molecule has 1 amide bonds. The molecule has 0 bridgehead atoms. The van der Waals surface area contributed by atoms with Gasteiger partial charge in [0.2, 0.25) is 0 Å². The predicted octanol–water partition coefficient (Wildman–Crippen LogP) is 3.64. The molecule has 0 N–H and O–H groups in total. The summed E-state index contributed by atoms with van der Waals surface area (Å²) in [6, 6.07) is 10.9. The third-order valence-electron chi connectivity index (χ3n) is 4.19. The highest BCUT2D eigenvalue weighted by Crippen LogP contribution is 2.30. The Morgan fingerprint density at radius 2 is 1.68 bits per heavy atom. The number of hydrogen-bond acceptors (Lipinski definition) is 5. The molecule has 0 saturated heterocycles. The number of carbonyl (C=O) groups excluding carboxylic acids is 1. The summed E-state index contributed by atoms with van der Waals surface area (Å²) in [5, 5.41) is 22.2. The van der Waals surface area contributed by atoms with E-state index in [-0.39, 0.29) is 17.2 Å². The summed E-state index contributed by atoms with van der Waals surface area (Å²) in [6.45, 7) is 3.23. The van der Waals surface area contributed by atoms with E-state index in [1.54, 1.807) is 7.05 Å². The molecule has 0 aliphatic carbocycles. The van der Waals surface area contributed by atoms with Crippen LogP contribution in [0.5, 0.6) is 0 Å². The molecule has 8 nitrogen and oxygen atoms in total. The zero-order valence-corrected chi connectivity index (χ0v) is 14.0. The molecule has 0 saturated carbocycles. The zero-order chi connectivity index (χ0) is 18.7. The van der Waals surface area contributed by atoms with Gasteiger partial charge in [0.15, 0.2) is 0 Å². The lowest BCUT2D eigenvalue weighted by molar-refractivity contribution is -0.394. The molecule has 0 aliphatic heterocycles. The minimum atomic E-state index is -0.746. The molecular weight excluding hydrogens is 326 g/mol. The molecule has 2 aromatic rings. The van der Waals surface area contributed by atoms with Crippen molar-refractivity contribution in [1.29, 1.82) is 0 Å². The highest BCUT2D eigenvalue weighted by molar-refractivity contribution is 5.97. The van der Waals surface area contributed by atoms with E-state index in [0.29, 0.717) is 0 Å². The van der Waals surface area contributed by atoms with Crippen molar-refractivity contribution in [2.45, 2.75) is 19.9 Å². The van der Waals surface area contributed by atoms with Crippen LogP contribution in [0.4, 0.5) is 11.4 Å². The molecule has 2 rings (SSSR count). The van der Waals surface area contributed by atoms with Crippen molar-refractivity contribution >= 4 is 17.3 Å². The SMILES string of the molecule is Cc1c(C(=O)N(C)C(C)c2ccccc2)cc([N+](=O)[O-])cc1[N+](=O)[O-]. The Kier molecular flexibility index (Phi) is 5.11. The van der Waals surface area contributed by atoms with Gasteiger partial charge in [0.25, 0.3) is 17.3 Å². The molecule has 0 aliphatic rings. The van der Waals surface area contributed by atoms with E-state index >= 15 is 0 Å². The predicted molar refractivity (Wildman–Crippen MR) is 91.4 cm³/mol. The Balaban J connectivity index is 2.47. The molecule has 0 heterocycles. The normalized spacial score (nSPS) is 11.6. The molecule has 25 heavy (non-hydrogen) atoms. The molecule has 8 heteroatoms. The van der Waals surface area contributed by atoms with Crippen LogP contribution in [-0.2, 0) is 0 Å². The average Bonchev–Trinajstić information content (AvgIpc) is 2.60. The van der Waals surface area contributed by atoms with E-state index in [1.807, 2.05) is 37.3 Å². The molecule has 130 valence electrons. The first-order valence-electron chi connectivity index (χ1n) is 7.49. The van der Waals surface area contributed by atoms with Gasteiger partial charge >= 0.3 is 0 Å². The highest BCUT2D eigenvalue weighted by Gasteiger charge is 2.28. The van der Waals surface area contributed by atoms with Gasteiger partial charge < -0.3 is 4.90 Å². The van der Waals surface area contributed by atoms with Crippen molar-refractivity contribution in [3.05, 3.63) is 79.4 Å². The summed E-state index contributed by atoms with van der Waals surface area (Å²) in [6.07, 6.45) is 0. The van der Waals surface area contributed by atoms with Crippen LogP contribution in [0, 0.1) is 27.2 Å². The zero-order valence-electron chi connectivity index (χ0n) is 14.0. The number of carbonyl (C=O) groups is 1. The van der Waals surface area contributed by atoms with Gasteiger partial charge in [-0.25, -0.2) is 0 Å². The largest absolute Gasteiger partial charge is 0.335 e. The molecule has 0 radical (unpaired) electrons. The quantitative estimate of drug-likeness (QED) is 0.608. The van der Waals surface area contributed by atoms with Gasteiger partial charge in [-0.3, -0.25) is 25.0 Å². The van der Waals surface area contributed by atoms with E-state index in [2.05, 4.69) is 0 Å². The Morgan fingerprint density at radius 3 is 2.20 bits per heavy atom. The summed E-state index contributed by atoms with van der Waals surface area (Å²) in [5.74, 6) is -0.513. The van der Waals surface area contributed by atoms with E-state index in [1.165, 1.54) is 11.8 Å². The summed E-state index contributed by atoms with van der Waals surface area (Å²) in [4.78, 5) is 34.9. The highest BCUT2D eigenvalue weighted by atomic mass is 16.6. The van der Waals surface area contributed by atoms with Crippen molar-refractivity contribution in [2.24, 2.45) is 0 Å². The van der Waals surface area contributed by atoms with Crippen LogP contribution < -0.4 is 0 Å². The van der Waals surface area contributed by atoms with Gasteiger partial charge in [-0.05, 0) is 19.4 Å². The number of nitro groups is 2. The van der Waals surface area contributed by atoms with Crippen molar-refractivity contribution in [3.8, 4) is 0 Å². The average molecular weight is 343 g/mol. The Morgan fingerprint density at radius 1 is 1.08 bits per heavy atom. The minimum absolute atomic E-state index is 0.0498. The van der Waals surface area contributed by atoms with Gasteiger partial charge in [-0.1, -0.05) is 30.3 Å². The number of nitrogens with zero attached hydrogens (tertiary/aromatic N) is 3. The van der Waals surface area contributed by atoms with Gasteiger partial charge in [0.05, 0.1) is 27.5 Å². The number of benzene rings is 2. The molecule has 0 fully saturated rings. The smallest absolute Gasteiger partial charge is 0.279 e. The van der Waals surface area contributed by atoms with Gasteiger partial charge in [-0.2, -0.15) is 0 Å². The van der Waals surface area contributed by atoms with Crippen LogP contribution in [0.1, 0.15) is 34.5 Å². The minimum Gasteiger partial charge on any atom is -0.335 e. The maximum atomic E-state index is 12.8. The summed E-state index contributed by atoms with van der Waals surface area (Å²) in [7, 11) is 1.56. The van der Waals surface area contributed by atoms with Crippen LogP contribution in [-0.4, -0.2) is 27.7 Å². The second-order valence-electron chi connectivity index (χ2n) is 5.65. The van der Waals surface area contributed by atoms with Gasteiger partial charge in [0.1, 0.15) is 0 Å². The molecule has 2 aromatic carbocycles. The molecule has 0 aromatic heterocycles. The van der Waals surface area contributed by atoms with Crippen molar-refractivity contribution in [1.82, 2.24) is 4.90 Å². The monoisotopic (exact) mass is 343 g/mol. The molecule has 1 atom stereocenters. The van der Waals surface area contributed by atoms with E-state index in [9.17, 15) is 25.0 Å². The maximum Gasteiger partial charge on any atom is 0.279 e. The van der Waals surface area contributed by atoms with Crippen molar-refractivity contribution in [3.63, 3.8) is 0 Å². The van der Waals surface area contributed by atoms with Gasteiger partial charge in [-0.15, -0.1) is 0 Å². The Labute approximate surface area is 144 Å². The van der Waals surface area contributed by atoms with Crippen LogP contribution in [0.25, 0.3) is 0 Å². The summed E-state index contributed by atoms with van der Waals surface area (Å²) >= 11 is 0. The Hall–Kier alpha value is -3.29. The number of hydrogen-bond donors (Lipinski definition) is 0.